The molecule has 3 aromatic heterocycles. The second-order valence-corrected chi connectivity index (χ2v) is 14.1. The Hall–Kier alpha value is -5.33. The molecule has 1 saturated carbocycles. The molecular weight excluding hydrogens is 711 g/mol. The molecule has 3 heterocycles. The summed E-state index contributed by atoms with van der Waals surface area (Å²) in [5, 5.41) is 12.9. The van der Waals surface area contributed by atoms with Gasteiger partial charge in [-0.05, 0) is 60.2 Å². The summed E-state index contributed by atoms with van der Waals surface area (Å²) in [6, 6.07) is 5.82. The van der Waals surface area contributed by atoms with E-state index in [9.17, 15) is 40.0 Å². The fourth-order valence-corrected chi connectivity index (χ4v) is 7.06. The summed E-state index contributed by atoms with van der Waals surface area (Å²) in [6.07, 6.45) is -1.53. The van der Waals surface area contributed by atoms with Gasteiger partial charge in [0, 0.05) is 23.1 Å². The lowest BCUT2D eigenvalue weighted by Crippen LogP contribution is -2.35. The smallest absolute Gasteiger partial charge is 0.293 e. The molecular formula is C32H24F7N7O4S. The molecule has 0 unspecified atom stereocenters. The molecule has 266 valence electrons. The predicted molar refractivity (Wildman–Crippen MR) is 164 cm³/mol. The van der Waals surface area contributed by atoms with Gasteiger partial charge in [-0.15, -0.1) is 0 Å². The first kappa shape index (κ1) is 34.1. The van der Waals surface area contributed by atoms with Crippen LogP contribution >= 0.6 is 0 Å². The van der Waals surface area contributed by atoms with Crippen molar-refractivity contribution in [2.24, 2.45) is 5.92 Å². The molecule has 2 amide bonds. The fourth-order valence-electron chi connectivity index (χ4n) is 6.61. The normalized spacial score (nSPS) is 18.1. The quantitative estimate of drug-likeness (QED) is 0.167. The van der Waals surface area contributed by atoms with Crippen LogP contribution < -0.4 is 10.0 Å². The number of hydrogen-bond acceptors (Lipinski definition) is 7. The van der Waals surface area contributed by atoms with Crippen LogP contribution in [0.5, 0.6) is 0 Å². The number of sulfonamides is 1. The van der Waals surface area contributed by atoms with Crippen LogP contribution in [0.4, 0.5) is 30.7 Å². The Morgan fingerprint density at radius 1 is 1.06 bits per heavy atom. The van der Waals surface area contributed by atoms with Gasteiger partial charge in [-0.25, -0.2) is 40.1 Å². The van der Waals surface area contributed by atoms with Crippen molar-refractivity contribution in [3.63, 3.8) is 0 Å². The van der Waals surface area contributed by atoms with E-state index in [1.807, 2.05) is 0 Å². The van der Waals surface area contributed by atoms with Gasteiger partial charge in [0.2, 0.25) is 15.9 Å². The number of hydrogen-bond donors (Lipinski definition) is 3. The molecule has 0 bridgehead atoms. The van der Waals surface area contributed by atoms with Crippen LogP contribution in [-0.4, -0.2) is 51.4 Å². The second kappa shape index (κ2) is 12.2. The lowest BCUT2D eigenvalue weighted by Gasteiger charge is -2.23. The van der Waals surface area contributed by atoms with E-state index in [2.05, 4.69) is 25.6 Å². The van der Waals surface area contributed by atoms with Crippen LogP contribution in [-0.2, 0) is 33.7 Å². The maximum atomic E-state index is 15.2. The molecule has 7 rings (SSSR count). The fraction of sp³-hybridized carbons (Fsp3) is 0.281. The lowest BCUT2D eigenvalue weighted by molar-refractivity contribution is -0.123. The standard InChI is InChI=1S/C32H24F7N7O4S/c1-51(49,50)45-31(48)19-7-14(2-3-21(19)35)17-10-22-24(11-40-43-22)42-27(17)23(6-13-4-15(33)8-16(34)5-13)41-25(47)12-46-29-26(28(44-46)30(36)37)18-9-20(18)32(29,38)39/h2-5,7-8,10-11,18,20,23,30H,6,9,12H2,1H3,(H,40,43)(H,41,47)(H,45,48)/t18-,20+,23-/m0/s1. The van der Waals surface area contributed by atoms with Crippen molar-refractivity contribution in [2.45, 2.75) is 43.7 Å². The van der Waals surface area contributed by atoms with E-state index >= 15 is 8.78 Å². The number of pyridine rings is 1. The first-order valence-electron chi connectivity index (χ1n) is 15.2. The third-order valence-corrected chi connectivity index (χ3v) is 9.30. The van der Waals surface area contributed by atoms with Gasteiger partial charge in [-0.3, -0.25) is 19.4 Å². The summed E-state index contributed by atoms with van der Waals surface area (Å²) in [4.78, 5) is 30.9. The van der Waals surface area contributed by atoms with Crippen molar-refractivity contribution < 1.29 is 48.7 Å². The number of carbonyl (C=O) groups is 2. The molecule has 19 heteroatoms. The van der Waals surface area contributed by atoms with Crippen molar-refractivity contribution in [1.29, 1.82) is 0 Å². The maximum Gasteiger partial charge on any atom is 0.293 e. The van der Waals surface area contributed by atoms with Crippen molar-refractivity contribution in [1.82, 2.24) is 35.0 Å². The van der Waals surface area contributed by atoms with E-state index in [0.29, 0.717) is 22.5 Å². The Kier molecular flexibility index (Phi) is 8.14. The molecule has 0 radical (unpaired) electrons. The van der Waals surface area contributed by atoms with Crippen molar-refractivity contribution in [3.05, 3.63) is 99.9 Å². The summed E-state index contributed by atoms with van der Waals surface area (Å²) >= 11 is 0. The number of alkyl halides is 4. The number of rotatable bonds is 10. The van der Waals surface area contributed by atoms with E-state index in [1.54, 1.807) is 4.72 Å². The highest BCUT2D eigenvalue weighted by Crippen LogP contribution is 2.68. The molecule has 3 N–H and O–H groups in total. The predicted octanol–water partition coefficient (Wildman–Crippen LogP) is 5.17. The minimum absolute atomic E-state index is 0.00975. The zero-order valence-electron chi connectivity index (χ0n) is 26.0. The summed E-state index contributed by atoms with van der Waals surface area (Å²) in [6.45, 7) is -0.937. The molecule has 2 aromatic carbocycles. The van der Waals surface area contributed by atoms with E-state index in [-0.39, 0.29) is 46.3 Å². The highest BCUT2D eigenvalue weighted by molar-refractivity contribution is 7.89. The molecule has 0 saturated heterocycles. The molecule has 2 aliphatic rings. The van der Waals surface area contributed by atoms with Crippen LogP contribution in [0.2, 0.25) is 0 Å². The SMILES string of the molecule is CS(=O)(=O)NC(=O)c1cc(-c2cc3[nH]ncc3nc2[C@H](Cc2cc(F)cc(F)c2)NC(=O)Cn2nc(C(F)F)c3c2C(F)(F)[C@@H]2C[C@H]32)ccc1F. The van der Waals surface area contributed by atoms with Crippen LogP contribution in [0.3, 0.4) is 0 Å². The van der Waals surface area contributed by atoms with Crippen molar-refractivity contribution in [2.75, 3.05) is 6.26 Å². The Morgan fingerprint density at radius 2 is 1.78 bits per heavy atom. The van der Waals surface area contributed by atoms with Gasteiger partial charge >= 0.3 is 0 Å². The number of nitrogens with zero attached hydrogens (tertiary/aromatic N) is 4. The molecule has 1 fully saturated rings. The third kappa shape index (κ3) is 6.41. The Bertz CT molecular complexity index is 2340. The third-order valence-electron chi connectivity index (χ3n) is 8.74. The number of aromatic nitrogens is 5. The zero-order valence-corrected chi connectivity index (χ0v) is 26.8. The highest BCUT2D eigenvalue weighted by atomic mass is 32.2. The van der Waals surface area contributed by atoms with Crippen LogP contribution in [0.25, 0.3) is 22.2 Å². The second-order valence-electron chi connectivity index (χ2n) is 12.4. The minimum atomic E-state index is -4.10. The van der Waals surface area contributed by atoms with Gasteiger partial charge < -0.3 is 5.32 Å². The lowest BCUT2D eigenvalue weighted by atomic mass is 9.94. The van der Waals surface area contributed by atoms with E-state index < -0.39 is 93.0 Å². The first-order chi connectivity index (χ1) is 24.0. The topological polar surface area (TPSA) is 152 Å². The largest absolute Gasteiger partial charge is 0.346 e. The molecule has 2 aliphatic carbocycles. The minimum Gasteiger partial charge on any atom is -0.346 e. The number of halogens is 7. The van der Waals surface area contributed by atoms with E-state index in [1.165, 1.54) is 18.3 Å². The van der Waals surface area contributed by atoms with E-state index in [4.69, 9.17) is 0 Å². The molecule has 5 aromatic rings. The number of H-pyrrole nitrogens is 1. The summed E-state index contributed by atoms with van der Waals surface area (Å²) in [5.74, 6) is -10.8. The monoisotopic (exact) mass is 735 g/mol. The number of carbonyl (C=O) groups excluding carboxylic acids is 2. The van der Waals surface area contributed by atoms with Gasteiger partial charge in [-0.1, -0.05) is 6.07 Å². The Labute approximate surface area is 283 Å². The molecule has 3 atom stereocenters. The molecule has 0 aliphatic heterocycles. The number of nitrogens with one attached hydrogen (secondary N) is 3. The highest BCUT2D eigenvalue weighted by Gasteiger charge is 2.67. The average molecular weight is 736 g/mol. The van der Waals surface area contributed by atoms with Crippen LogP contribution in [0, 0.1) is 23.4 Å². The Balaban J connectivity index is 1.31. The van der Waals surface area contributed by atoms with Crippen molar-refractivity contribution in [3.8, 4) is 11.1 Å². The van der Waals surface area contributed by atoms with Gasteiger partial charge in [0.15, 0.2) is 0 Å². The van der Waals surface area contributed by atoms with Crippen LogP contribution in [0.15, 0.2) is 48.7 Å². The molecule has 0 spiro atoms. The van der Waals surface area contributed by atoms with Crippen LogP contribution in [0.1, 0.15) is 63.4 Å². The van der Waals surface area contributed by atoms with Gasteiger partial charge in [0.25, 0.3) is 18.3 Å². The molecule has 51 heavy (non-hydrogen) atoms. The number of amides is 2. The number of fused-ring (bicyclic) bond motifs is 4. The first-order valence-corrected chi connectivity index (χ1v) is 17.1. The maximum absolute atomic E-state index is 15.2. The van der Waals surface area contributed by atoms with Gasteiger partial charge in [0.05, 0.1) is 35.3 Å². The molecule has 11 nitrogen and oxygen atoms in total. The summed E-state index contributed by atoms with van der Waals surface area (Å²) < 4.78 is 127. The van der Waals surface area contributed by atoms with Gasteiger partial charge in [-0.2, -0.15) is 19.0 Å². The van der Waals surface area contributed by atoms with E-state index in [0.717, 1.165) is 24.3 Å². The Morgan fingerprint density at radius 3 is 2.47 bits per heavy atom. The summed E-state index contributed by atoms with van der Waals surface area (Å²) in [7, 11) is -4.10. The average Bonchev–Trinajstić information content (AvgIpc) is 3.44. The zero-order chi connectivity index (χ0) is 36.6. The van der Waals surface area contributed by atoms with Crippen molar-refractivity contribution >= 4 is 32.9 Å². The number of benzene rings is 2. The summed E-state index contributed by atoms with van der Waals surface area (Å²) in [5.41, 5.74) is -1.87. The number of aromatic amines is 1. The van der Waals surface area contributed by atoms with Gasteiger partial charge in [0.1, 0.15) is 40.9 Å².